The highest BCUT2D eigenvalue weighted by molar-refractivity contribution is 7.80. The summed E-state index contributed by atoms with van der Waals surface area (Å²) in [6.45, 7) is 0. The monoisotopic (exact) mass is 256 g/mol. The zero-order valence-electron chi connectivity index (χ0n) is 8.83. The largest absolute Gasteiger partial charge is 0.481 e. The van der Waals surface area contributed by atoms with Gasteiger partial charge in [0, 0.05) is 11.3 Å². The molecule has 0 aliphatic heterocycles. The fraction of sp³-hybridized carbons (Fsp3) is 0.273. The number of hydrogen-bond donors (Lipinski definition) is 4. The van der Waals surface area contributed by atoms with E-state index in [0.717, 1.165) is 0 Å². The summed E-state index contributed by atoms with van der Waals surface area (Å²) in [5, 5.41) is 26.6. The van der Waals surface area contributed by atoms with Crippen LogP contribution in [0.25, 0.3) is 0 Å². The van der Waals surface area contributed by atoms with Crippen molar-refractivity contribution in [3.63, 3.8) is 0 Å². The number of benzene rings is 1. The van der Waals surface area contributed by atoms with Crippen LogP contribution in [0.3, 0.4) is 0 Å². The first kappa shape index (κ1) is 13.5. The summed E-state index contributed by atoms with van der Waals surface area (Å²) in [5.41, 5.74) is 0.823. The summed E-state index contributed by atoms with van der Waals surface area (Å²) < 4.78 is 0. The molecule has 17 heavy (non-hydrogen) atoms. The number of thiol groups is 1. The molecule has 1 rings (SSSR count). The summed E-state index contributed by atoms with van der Waals surface area (Å²) in [5.74, 6) is -2.29. The van der Waals surface area contributed by atoms with Gasteiger partial charge in [-0.05, 0) is 23.6 Å². The number of rotatable bonds is 5. The second kappa shape index (κ2) is 5.70. The molecule has 0 amide bonds. The number of carbonyl (C=O) groups is 2. The zero-order chi connectivity index (χ0) is 13.0. The van der Waals surface area contributed by atoms with Crippen LogP contribution in [-0.4, -0.2) is 27.3 Å². The summed E-state index contributed by atoms with van der Waals surface area (Å²) in [6.07, 6.45) is -1.43. The van der Waals surface area contributed by atoms with Crippen LogP contribution < -0.4 is 0 Å². The first-order valence-electron chi connectivity index (χ1n) is 4.86. The average molecular weight is 256 g/mol. The van der Waals surface area contributed by atoms with E-state index in [9.17, 15) is 14.7 Å². The van der Waals surface area contributed by atoms with Crippen LogP contribution in [-0.2, 0) is 16.0 Å². The number of aliphatic hydroxyl groups is 1. The van der Waals surface area contributed by atoms with Gasteiger partial charge >= 0.3 is 11.9 Å². The van der Waals surface area contributed by atoms with Gasteiger partial charge < -0.3 is 15.3 Å². The molecule has 0 heterocycles. The van der Waals surface area contributed by atoms with Crippen molar-refractivity contribution in [1.82, 2.24) is 0 Å². The van der Waals surface area contributed by atoms with Crippen molar-refractivity contribution >= 4 is 24.6 Å². The van der Waals surface area contributed by atoms with E-state index in [4.69, 9.17) is 10.2 Å². The molecule has 1 unspecified atom stereocenters. The highest BCUT2D eigenvalue weighted by atomic mass is 32.1. The van der Waals surface area contributed by atoms with Gasteiger partial charge in [-0.15, -0.1) is 12.6 Å². The van der Waals surface area contributed by atoms with Crippen LogP contribution in [0.2, 0.25) is 0 Å². The molecular weight excluding hydrogens is 244 g/mol. The van der Waals surface area contributed by atoms with Gasteiger partial charge in [-0.2, -0.15) is 0 Å². The lowest BCUT2D eigenvalue weighted by Gasteiger charge is -2.09. The van der Waals surface area contributed by atoms with E-state index in [1.807, 2.05) is 0 Å². The minimum atomic E-state index is -1.60. The Morgan fingerprint density at radius 3 is 2.47 bits per heavy atom. The Balaban J connectivity index is 2.93. The molecule has 1 aromatic rings. The molecule has 0 saturated heterocycles. The zero-order valence-corrected chi connectivity index (χ0v) is 9.72. The van der Waals surface area contributed by atoms with Gasteiger partial charge in [0.25, 0.3) is 0 Å². The molecule has 0 radical (unpaired) electrons. The maximum Gasteiger partial charge on any atom is 0.337 e. The minimum Gasteiger partial charge on any atom is -0.481 e. The summed E-state index contributed by atoms with van der Waals surface area (Å²) in [7, 11) is 0. The first-order chi connectivity index (χ1) is 7.91. The van der Waals surface area contributed by atoms with Crippen molar-refractivity contribution in [2.75, 3.05) is 0 Å². The second-order valence-electron chi connectivity index (χ2n) is 3.52. The molecule has 1 atom stereocenters. The van der Waals surface area contributed by atoms with Crippen LogP contribution in [0.5, 0.6) is 0 Å². The molecule has 0 aliphatic carbocycles. The Morgan fingerprint density at radius 2 is 1.94 bits per heavy atom. The van der Waals surface area contributed by atoms with E-state index in [1.165, 1.54) is 12.1 Å². The number of aryl methyl sites for hydroxylation is 1. The Labute approximate surface area is 103 Å². The fourth-order valence-corrected chi connectivity index (χ4v) is 1.61. The molecular formula is C11H12O5S. The van der Waals surface area contributed by atoms with Gasteiger partial charge in [0.1, 0.15) is 0 Å². The van der Waals surface area contributed by atoms with Gasteiger partial charge in [0.05, 0.1) is 0 Å². The summed E-state index contributed by atoms with van der Waals surface area (Å²) in [4.78, 5) is 21.6. The van der Waals surface area contributed by atoms with Crippen molar-refractivity contribution in [3.8, 4) is 0 Å². The van der Waals surface area contributed by atoms with Crippen LogP contribution >= 0.6 is 12.6 Å². The topological polar surface area (TPSA) is 94.8 Å². The predicted molar refractivity (Wildman–Crippen MR) is 62.2 cm³/mol. The molecule has 0 spiro atoms. The number of carboxylic acids is 2. The maximum absolute atomic E-state index is 10.6. The molecule has 0 aromatic heterocycles. The molecule has 92 valence electrons. The maximum atomic E-state index is 10.6. The highest BCUT2D eigenvalue weighted by Crippen LogP contribution is 2.21. The fourth-order valence-electron chi connectivity index (χ4n) is 1.36. The smallest absolute Gasteiger partial charge is 0.337 e. The van der Waals surface area contributed by atoms with Gasteiger partial charge in [-0.25, -0.2) is 4.79 Å². The molecule has 1 aromatic carbocycles. The molecule has 0 bridgehead atoms. The Bertz CT molecular complexity index is 443. The van der Waals surface area contributed by atoms with E-state index in [0.29, 0.717) is 10.5 Å². The van der Waals surface area contributed by atoms with E-state index in [1.54, 1.807) is 6.07 Å². The van der Waals surface area contributed by atoms with Gasteiger partial charge in [-0.3, -0.25) is 4.79 Å². The van der Waals surface area contributed by atoms with E-state index in [2.05, 4.69) is 12.6 Å². The minimum absolute atomic E-state index is 0.0693. The van der Waals surface area contributed by atoms with E-state index < -0.39 is 18.0 Å². The van der Waals surface area contributed by atoms with Crippen molar-refractivity contribution in [2.45, 2.75) is 23.8 Å². The average Bonchev–Trinajstić information content (AvgIpc) is 2.26. The van der Waals surface area contributed by atoms with Crippen LogP contribution in [0.4, 0.5) is 0 Å². The van der Waals surface area contributed by atoms with Gasteiger partial charge in [0.2, 0.25) is 0 Å². The standard InChI is InChI=1S/C11H12O5S/c12-9(13)4-2-6-5-7(1-3-8(6)17)10(14)11(15)16/h1,3,5,10,14,17H,2,4H2,(H,12,13)(H,15,16). The Kier molecular flexibility index (Phi) is 4.53. The number of carboxylic acid groups (broad SMARTS) is 2. The third-order valence-corrected chi connectivity index (χ3v) is 2.70. The van der Waals surface area contributed by atoms with Gasteiger partial charge in [0.15, 0.2) is 6.10 Å². The second-order valence-corrected chi connectivity index (χ2v) is 4.00. The summed E-state index contributed by atoms with van der Waals surface area (Å²) >= 11 is 4.15. The molecule has 0 aliphatic rings. The van der Waals surface area contributed by atoms with Crippen molar-refractivity contribution in [2.24, 2.45) is 0 Å². The third kappa shape index (κ3) is 3.76. The van der Waals surface area contributed by atoms with E-state index in [-0.39, 0.29) is 18.4 Å². The number of aliphatic carboxylic acids is 2. The van der Waals surface area contributed by atoms with Crippen molar-refractivity contribution < 1.29 is 24.9 Å². The Hall–Kier alpha value is -1.53. The molecule has 0 fully saturated rings. The number of hydrogen-bond acceptors (Lipinski definition) is 4. The number of aliphatic hydroxyl groups excluding tert-OH is 1. The van der Waals surface area contributed by atoms with Crippen molar-refractivity contribution in [1.29, 1.82) is 0 Å². The molecule has 0 saturated carbocycles. The lowest BCUT2D eigenvalue weighted by molar-refractivity contribution is -0.147. The van der Waals surface area contributed by atoms with Crippen LogP contribution in [0.15, 0.2) is 23.1 Å². The Morgan fingerprint density at radius 1 is 1.29 bits per heavy atom. The first-order valence-corrected chi connectivity index (χ1v) is 5.31. The lowest BCUT2D eigenvalue weighted by Crippen LogP contribution is -2.11. The summed E-state index contributed by atoms with van der Waals surface area (Å²) in [6, 6.07) is 4.46. The quantitative estimate of drug-likeness (QED) is 0.592. The van der Waals surface area contributed by atoms with Gasteiger partial charge in [-0.1, -0.05) is 12.1 Å². The lowest BCUT2D eigenvalue weighted by atomic mass is 10.0. The van der Waals surface area contributed by atoms with Crippen LogP contribution in [0, 0.1) is 0 Å². The third-order valence-electron chi connectivity index (χ3n) is 2.26. The predicted octanol–water partition coefficient (Wildman–Crippen LogP) is 1.11. The SMILES string of the molecule is O=C(O)CCc1cc(C(O)C(=O)O)ccc1S. The molecule has 3 N–H and O–H groups in total. The van der Waals surface area contributed by atoms with E-state index >= 15 is 0 Å². The van der Waals surface area contributed by atoms with Crippen molar-refractivity contribution in [3.05, 3.63) is 29.3 Å². The normalized spacial score (nSPS) is 12.1. The van der Waals surface area contributed by atoms with Crippen LogP contribution in [0.1, 0.15) is 23.7 Å². The highest BCUT2D eigenvalue weighted by Gasteiger charge is 2.16. The molecule has 6 heteroatoms. The molecule has 5 nitrogen and oxygen atoms in total.